The number of rotatable bonds is 4. The van der Waals surface area contributed by atoms with Crippen molar-refractivity contribution in [3.05, 3.63) is 83.9 Å². The summed E-state index contributed by atoms with van der Waals surface area (Å²) in [6.45, 7) is 0.119. The fourth-order valence-electron chi connectivity index (χ4n) is 3.00. The Morgan fingerprint density at radius 1 is 0.857 bits per heavy atom. The third-order valence-electron chi connectivity index (χ3n) is 4.38. The minimum atomic E-state index is -0.389. The molecule has 0 saturated heterocycles. The minimum absolute atomic E-state index is 0.119. The van der Waals surface area contributed by atoms with Crippen LogP contribution in [-0.4, -0.2) is 15.9 Å². The molecular weight excluding hydrogens is 352 g/mol. The van der Waals surface area contributed by atoms with Crippen molar-refractivity contribution in [2.45, 2.75) is 6.61 Å². The van der Waals surface area contributed by atoms with Crippen LogP contribution in [0, 0.1) is 0 Å². The average molecular weight is 370 g/mol. The lowest BCUT2D eigenvalue weighted by Gasteiger charge is -2.08. The summed E-state index contributed by atoms with van der Waals surface area (Å²) in [7, 11) is 0. The Hall–Kier alpha value is -3.93. The topological polar surface area (TPSA) is 104 Å². The van der Waals surface area contributed by atoms with Crippen LogP contribution < -0.4 is 11.5 Å². The van der Waals surface area contributed by atoms with Gasteiger partial charge in [0.1, 0.15) is 12.4 Å². The first kappa shape index (κ1) is 17.5. The van der Waals surface area contributed by atoms with Crippen LogP contribution >= 0.6 is 0 Å². The Morgan fingerprint density at radius 2 is 1.64 bits per heavy atom. The summed E-state index contributed by atoms with van der Waals surface area (Å²) in [5.74, 6) is 0.0353. The van der Waals surface area contributed by atoms with Crippen molar-refractivity contribution in [2.24, 2.45) is 0 Å². The van der Waals surface area contributed by atoms with Gasteiger partial charge in [-0.2, -0.15) is 4.98 Å². The molecule has 4 N–H and O–H groups in total. The molecular formula is C22H18N4O2. The van der Waals surface area contributed by atoms with Crippen LogP contribution in [0.3, 0.4) is 0 Å². The molecule has 0 spiro atoms. The molecule has 3 aromatic carbocycles. The summed E-state index contributed by atoms with van der Waals surface area (Å²) in [6, 6.07) is 22.7. The highest BCUT2D eigenvalue weighted by Gasteiger charge is 2.10. The fraction of sp³-hybridized carbons (Fsp3) is 0.0455. The second-order valence-corrected chi connectivity index (χ2v) is 6.34. The molecule has 6 nitrogen and oxygen atoms in total. The lowest BCUT2D eigenvalue weighted by Crippen LogP contribution is -2.06. The van der Waals surface area contributed by atoms with Crippen LogP contribution in [0.2, 0.25) is 0 Å². The van der Waals surface area contributed by atoms with E-state index in [1.54, 1.807) is 18.2 Å². The van der Waals surface area contributed by atoms with Gasteiger partial charge in [-0.15, -0.1) is 0 Å². The zero-order chi connectivity index (χ0) is 19.5. The van der Waals surface area contributed by atoms with E-state index in [1.165, 1.54) is 0 Å². The van der Waals surface area contributed by atoms with Gasteiger partial charge in [0.15, 0.2) is 0 Å². The smallest absolute Gasteiger partial charge is 0.338 e. The Bertz CT molecular complexity index is 1160. The van der Waals surface area contributed by atoms with Crippen molar-refractivity contribution >= 4 is 28.6 Å². The number of carbonyl (C=O) groups is 1. The third kappa shape index (κ3) is 3.61. The van der Waals surface area contributed by atoms with Gasteiger partial charge in [-0.3, -0.25) is 0 Å². The van der Waals surface area contributed by atoms with E-state index in [4.69, 9.17) is 16.2 Å². The summed E-state index contributed by atoms with van der Waals surface area (Å²) >= 11 is 0. The number of anilines is 2. The van der Waals surface area contributed by atoms with Gasteiger partial charge < -0.3 is 16.2 Å². The van der Waals surface area contributed by atoms with Crippen LogP contribution in [-0.2, 0) is 11.3 Å². The van der Waals surface area contributed by atoms with E-state index in [9.17, 15) is 4.79 Å². The number of nitrogens with two attached hydrogens (primary N) is 2. The zero-order valence-electron chi connectivity index (χ0n) is 15.0. The molecule has 0 aliphatic carbocycles. The number of hydrogen-bond acceptors (Lipinski definition) is 6. The van der Waals surface area contributed by atoms with Gasteiger partial charge in [-0.1, -0.05) is 48.5 Å². The number of hydrogen-bond donors (Lipinski definition) is 2. The molecule has 0 amide bonds. The molecule has 0 unspecified atom stereocenters. The normalized spacial score (nSPS) is 10.7. The molecule has 0 fully saturated rings. The lowest BCUT2D eigenvalue weighted by atomic mass is 10.0. The van der Waals surface area contributed by atoms with Crippen molar-refractivity contribution in [3.8, 4) is 11.1 Å². The Kier molecular flexibility index (Phi) is 4.60. The van der Waals surface area contributed by atoms with Crippen LogP contribution in [0.5, 0.6) is 0 Å². The molecule has 0 atom stereocenters. The van der Waals surface area contributed by atoms with Crippen LogP contribution in [0.1, 0.15) is 15.9 Å². The summed E-state index contributed by atoms with van der Waals surface area (Å²) in [5, 5.41) is 0.675. The van der Waals surface area contributed by atoms with Crippen molar-refractivity contribution in [3.63, 3.8) is 0 Å². The maximum Gasteiger partial charge on any atom is 0.338 e. The summed E-state index contributed by atoms with van der Waals surface area (Å²) in [4.78, 5) is 20.6. The first-order chi connectivity index (χ1) is 13.6. The van der Waals surface area contributed by atoms with Crippen molar-refractivity contribution < 1.29 is 9.53 Å². The van der Waals surface area contributed by atoms with E-state index in [0.29, 0.717) is 22.3 Å². The van der Waals surface area contributed by atoms with Crippen molar-refractivity contribution in [1.29, 1.82) is 0 Å². The van der Waals surface area contributed by atoms with E-state index in [-0.39, 0.29) is 18.5 Å². The predicted octanol–water partition coefficient (Wildman–Crippen LogP) is 3.82. The number of esters is 1. The Balaban J connectivity index is 1.51. The molecule has 4 aromatic rings. The Morgan fingerprint density at radius 3 is 2.46 bits per heavy atom. The highest BCUT2D eigenvalue weighted by Crippen LogP contribution is 2.22. The van der Waals surface area contributed by atoms with Crippen LogP contribution in [0.25, 0.3) is 22.0 Å². The molecule has 0 aliphatic heterocycles. The van der Waals surface area contributed by atoms with Crippen LogP contribution in [0.15, 0.2) is 72.8 Å². The van der Waals surface area contributed by atoms with Gasteiger partial charge in [0, 0.05) is 5.39 Å². The summed E-state index contributed by atoms with van der Waals surface area (Å²) < 4.78 is 5.47. The van der Waals surface area contributed by atoms with E-state index < -0.39 is 0 Å². The molecule has 1 aromatic heterocycles. The van der Waals surface area contributed by atoms with Gasteiger partial charge >= 0.3 is 5.97 Å². The molecule has 6 heteroatoms. The highest BCUT2D eigenvalue weighted by molar-refractivity contribution is 5.91. The maximum absolute atomic E-state index is 12.5. The second kappa shape index (κ2) is 7.36. The lowest BCUT2D eigenvalue weighted by molar-refractivity contribution is 0.0473. The Labute approximate surface area is 161 Å². The number of fused-ring (bicyclic) bond motifs is 1. The minimum Gasteiger partial charge on any atom is -0.457 e. The molecule has 138 valence electrons. The molecule has 0 saturated carbocycles. The highest BCUT2D eigenvalue weighted by atomic mass is 16.5. The summed E-state index contributed by atoms with van der Waals surface area (Å²) in [6.07, 6.45) is 0. The van der Waals surface area contributed by atoms with Crippen LogP contribution in [0.4, 0.5) is 11.8 Å². The maximum atomic E-state index is 12.5. The molecule has 0 radical (unpaired) electrons. The van der Waals surface area contributed by atoms with Gasteiger partial charge in [-0.05, 0) is 41.0 Å². The van der Waals surface area contributed by atoms with E-state index in [2.05, 4.69) is 9.97 Å². The van der Waals surface area contributed by atoms with E-state index in [0.717, 1.165) is 16.7 Å². The number of benzene rings is 3. The predicted molar refractivity (Wildman–Crippen MR) is 109 cm³/mol. The molecule has 1 heterocycles. The number of aromatic nitrogens is 2. The zero-order valence-corrected chi connectivity index (χ0v) is 15.0. The molecule has 4 rings (SSSR count). The van der Waals surface area contributed by atoms with E-state index >= 15 is 0 Å². The van der Waals surface area contributed by atoms with Gasteiger partial charge in [0.25, 0.3) is 0 Å². The molecule has 28 heavy (non-hydrogen) atoms. The quantitative estimate of drug-likeness (QED) is 0.529. The SMILES string of the molecule is Nc1nc(N)c2cc(COC(=O)c3cccc(-c4ccccc4)c3)ccc2n1. The van der Waals surface area contributed by atoms with E-state index in [1.807, 2.05) is 54.6 Å². The standard InChI is InChI=1S/C22H18N4O2/c23-20-18-11-14(9-10-19(18)25-22(24)26-20)13-28-21(27)17-8-4-7-16(12-17)15-5-2-1-3-6-15/h1-12H,13H2,(H4,23,24,25,26). The second-order valence-electron chi connectivity index (χ2n) is 6.34. The van der Waals surface area contributed by atoms with Crippen molar-refractivity contribution in [1.82, 2.24) is 9.97 Å². The number of carbonyl (C=O) groups excluding carboxylic acids is 1. The van der Waals surface area contributed by atoms with Gasteiger partial charge in [0.05, 0.1) is 11.1 Å². The number of ether oxygens (including phenoxy) is 1. The average Bonchev–Trinajstić information content (AvgIpc) is 2.73. The van der Waals surface area contributed by atoms with Gasteiger partial charge in [0.2, 0.25) is 5.95 Å². The largest absolute Gasteiger partial charge is 0.457 e. The monoisotopic (exact) mass is 370 g/mol. The molecule has 0 aliphatic rings. The molecule has 0 bridgehead atoms. The third-order valence-corrected chi connectivity index (χ3v) is 4.38. The van der Waals surface area contributed by atoms with Crippen molar-refractivity contribution in [2.75, 3.05) is 11.5 Å². The van der Waals surface area contributed by atoms with Gasteiger partial charge in [-0.25, -0.2) is 9.78 Å². The number of nitrogen functional groups attached to an aromatic ring is 2. The number of nitrogens with zero attached hydrogens (tertiary/aromatic N) is 2. The first-order valence-corrected chi connectivity index (χ1v) is 8.74. The first-order valence-electron chi connectivity index (χ1n) is 8.74. The summed E-state index contributed by atoms with van der Waals surface area (Å²) in [5.41, 5.74) is 15.5. The fourth-order valence-corrected chi connectivity index (χ4v) is 3.00.